The summed E-state index contributed by atoms with van der Waals surface area (Å²) in [7, 11) is 0. The predicted octanol–water partition coefficient (Wildman–Crippen LogP) is 11.7. The van der Waals surface area contributed by atoms with Gasteiger partial charge in [0.2, 0.25) is 0 Å². The maximum atomic E-state index is 5.67. The number of hydrogen-bond donors (Lipinski definition) is 2. The minimum absolute atomic E-state index is 0.733. The molecular weight excluding hydrogens is 659 g/mol. The van der Waals surface area contributed by atoms with Gasteiger partial charge in [0.25, 0.3) is 0 Å². The van der Waals surface area contributed by atoms with Gasteiger partial charge in [0.1, 0.15) is 0 Å². The molecule has 0 spiro atoms. The number of rotatable bonds is 5. The number of nitrogens with one attached hydrogen (secondary N) is 1. The number of allylic oxidation sites excluding steroid dienone is 3. The van der Waals surface area contributed by atoms with Crippen LogP contribution in [0.2, 0.25) is 0 Å². The molecule has 6 aromatic carbocycles. The lowest BCUT2D eigenvalue weighted by Crippen LogP contribution is -2.04. The third-order valence-electron chi connectivity index (χ3n) is 11.4. The third kappa shape index (κ3) is 4.72. The van der Waals surface area contributed by atoms with Crippen LogP contribution in [0, 0.1) is 0 Å². The Kier molecular flexibility index (Phi) is 6.83. The van der Waals surface area contributed by atoms with E-state index in [4.69, 9.17) is 15.7 Å². The van der Waals surface area contributed by atoms with E-state index >= 15 is 0 Å². The van der Waals surface area contributed by atoms with Gasteiger partial charge in [0, 0.05) is 78.9 Å². The van der Waals surface area contributed by atoms with Crippen molar-refractivity contribution in [2.45, 2.75) is 19.4 Å². The van der Waals surface area contributed by atoms with E-state index in [0.29, 0.717) is 0 Å². The first-order valence-electron chi connectivity index (χ1n) is 18.6. The van der Waals surface area contributed by atoms with E-state index in [2.05, 4.69) is 137 Å². The number of nitrogens with zero attached hydrogens (tertiary/aromatic N) is 3. The summed E-state index contributed by atoms with van der Waals surface area (Å²) in [6.45, 7) is 0.733. The zero-order chi connectivity index (χ0) is 35.8. The first kappa shape index (κ1) is 30.6. The first-order valence-corrected chi connectivity index (χ1v) is 18.6. The molecule has 256 valence electrons. The number of aromatic nitrogens is 4. The minimum atomic E-state index is 0.733. The number of aryl methyl sites for hydroxylation is 2. The number of nitrogens with two attached hydrogens (primary N) is 1. The molecule has 1 aliphatic carbocycles. The Morgan fingerprint density at radius 2 is 1.17 bits per heavy atom. The van der Waals surface area contributed by atoms with Crippen LogP contribution >= 0.6 is 0 Å². The summed E-state index contributed by atoms with van der Waals surface area (Å²) >= 11 is 0. The van der Waals surface area contributed by atoms with E-state index in [9.17, 15) is 0 Å². The number of benzene rings is 6. The smallest absolute Gasteiger partial charge is 0.0780 e. The molecule has 4 aromatic heterocycles. The second kappa shape index (κ2) is 12.0. The van der Waals surface area contributed by atoms with E-state index in [1.54, 1.807) is 6.20 Å². The van der Waals surface area contributed by atoms with Crippen molar-refractivity contribution in [3.8, 4) is 33.6 Å². The molecule has 0 amide bonds. The molecule has 0 radical (unpaired) electrons. The van der Waals surface area contributed by atoms with E-state index in [1.807, 2.05) is 24.5 Å². The lowest BCUT2D eigenvalue weighted by Gasteiger charge is -2.21. The predicted molar refractivity (Wildman–Crippen MR) is 226 cm³/mol. The Bertz CT molecular complexity index is 3200. The van der Waals surface area contributed by atoms with Gasteiger partial charge in [-0.15, -0.1) is 0 Å². The monoisotopic (exact) mass is 693 g/mol. The molecular formula is C49H35N5. The Morgan fingerprint density at radius 1 is 0.556 bits per heavy atom. The number of pyridine rings is 2. The van der Waals surface area contributed by atoms with Crippen molar-refractivity contribution in [2.75, 3.05) is 0 Å². The second-order valence-electron chi connectivity index (χ2n) is 14.4. The molecule has 3 N–H and O–H groups in total. The van der Waals surface area contributed by atoms with Crippen LogP contribution in [0.4, 0.5) is 0 Å². The molecule has 0 aliphatic heterocycles. The van der Waals surface area contributed by atoms with Crippen LogP contribution in [0.5, 0.6) is 0 Å². The summed E-state index contributed by atoms with van der Waals surface area (Å²) in [6, 6.07) is 44.4. The summed E-state index contributed by atoms with van der Waals surface area (Å²) in [5, 5.41) is 9.75. The fourth-order valence-electron chi connectivity index (χ4n) is 8.87. The largest absolute Gasteiger partial charge is 0.405 e. The van der Waals surface area contributed by atoms with Crippen molar-refractivity contribution in [2.24, 2.45) is 5.73 Å². The molecule has 4 heterocycles. The van der Waals surface area contributed by atoms with E-state index < -0.39 is 0 Å². The van der Waals surface area contributed by atoms with Crippen LogP contribution < -0.4 is 5.73 Å². The van der Waals surface area contributed by atoms with Gasteiger partial charge in [-0.05, 0) is 119 Å². The lowest BCUT2D eigenvalue weighted by molar-refractivity contribution is 0.897. The molecule has 0 unspecified atom stereocenters. The molecule has 10 aromatic rings. The molecule has 54 heavy (non-hydrogen) atoms. The van der Waals surface area contributed by atoms with E-state index in [1.165, 1.54) is 76.4 Å². The molecule has 0 atom stereocenters. The van der Waals surface area contributed by atoms with Crippen molar-refractivity contribution in [3.63, 3.8) is 0 Å². The van der Waals surface area contributed by atoms with Crippen molar-refractivity contribution in [1.82, 2.24) is 19.5 Å². The quantitative estimate of drug-likeness (QED) is 0.176. The molecule has 1 aliphatic rings. The van der Waals surface area contributed by atoms with Crippen LogP contribution in [0.25, 0.3) is 98.8 Å². The molecule has 0 saturated heterocycles. The summed E-state index contributed by atoms with van der Waals surface area (Å²) < 4.78 is 2.44. The average Bonchev–Trinajstić information content (AvgIpc) is 3.73. The highest BCUT2D eigenvalue weighted by Crippen LogP contribution is 2.43. The maximum Gasteiger partial charge on any atom is 0.0780 e. The van der Waals surface area contributed by atoms with Gasteiger partial charge >= 0.3 is 0 Å². The van der Waals surface area contributed by atoms with Gasteiger partial charge in [-0.1, -0.05) is 72.8 Å². The van der Waals surface area contributed by atoms with Crippen LogP contribution in [0.15, 0.2) is 158 Å². The maximum absolute atomic E-state index is 5.67. The number of aromatic amines is 1. The molecule has 0 saturated carbocycles. The van der Waals surface area contributed by atoms with Gasteiger partial charge in [-0.2, -0.15) is 0 Å². The fraction of sp³-hybridized carbons (Fsp3) is 0.0612. The van der Waals surface area contributed by atoms with E-state index in [0.717, 1.165) is 52.9 Å². The van der Waals surface area contributed by atoms with Crippen molar-refractivity contribution < 1.29 is 0 Å². The molecule has 0 bridgehead atoms. The number of H-pyrrole nitrogens is 1. The zero-order valence-corrected chi connectivity index (χ0v) is 29.6. The van der Waals surface area contributed by atoms with Crippen molar-refractivity contribution in [3.05, 3.63) is 169 Å². The number of hydrogen-bond acceptors (Lipinski definition) is 3. The molecule has 11 rings (SSSR count). The Labute approximate surface area is 311 Å². The second-order valence-corrected chi connectivity index (χ2v) is 14.4. The summed E-state index contributed by atoms with van der Waals surface area (Å²) in [5.41, 5.74) is 20.1. The normalized spacial score (nSPS) is 13.0. The van der Waals surface area contributed by atoms with Crippen molar-refractivity contribution >= 4 is 65.2 Å². The topological polar surface area (TPSA) is 72.5 Å². The average molecular weight is 694 g/mol. The summed E-state index contributed by atoms with van der Waals surface area (Å²) in [6.07, 6.45) is 13.5. The van der Waals surface area contributed by atoms with E-state index in [-0.39, 0.29) is 0 Å². The number of fused-ring (bicyclic) bond motifs is 11. The van der Waals surface area contributed by atoms with Crippen LogP contribution in [-0.4, -0.2) is 19.5 Å². The standard InChI is InChI=1S/C49H35N5/c50-20-6-1-7-23-54-46-17-15-35(49-37-11-5-3-9-31(37)19-22-52-49)27-42(46)43-25-33-13-12-32-24-41-40-26-34(48-36-10-4-2-8-30(36)18-21-51-48)14-16-44(40)53-45(41)28-38(32)39(33)29-47(43)54/h1-11,14-22,24-29,53H,12-13,23,50H2/b7-1-,20-6-. The Morgan fingerprint density at radius 3 is 1.89 bits per heavy atom. The highest BCUT2D eigenvalue weighted by atomic mass is 15.0. The lowest BCUT2D eigenvalue weighted by atomic mass is 9.84. The van der Waals surface area contributed by atoms with Gasteiger partial charge in [0.15, 0.2) is 0 Å². The van der Waals surface area contributed by atoms with Crippen molar-refractivity contribution in [1.29, 1.82) is 0 Å². The SMILES string of the molecule is N/C=C\C=C/Cn1c2ccc(-c3nccc4ccccc34)cc2c2cc3c(cc21)-c1cc2[nH]c4ccc(-c5nccc6ccccc56)cc4c2cc1CC3. The van der Waals surface area contributed by atoms with Gasteiger partial charge < -0.3 is 15.3 Å². The zero-order valence-electron chi connectivity index (χ0n) is 29.6. The van der Waals surface area contributed by atoms with Gasteiger partial charge in [0.05, 0.1) is 16.9 Å². The van der Waals surface area contributed by atoms with Gasteiger partial charge in [-0.3, -0.25) is 9.97 Å². The molecule has 5 nitrogen and oxygen atoms in total. The Balaban J connectivity index is 1.08. The molecule has 5 heteroatoms. The summed E-state index contributed by atoms with van der Waals surface area (Å²) in [5.74, 6) is 0. The van der Waals surface area contributed by atoms with Gasteiger partial charge in [-0.25, -0.2) is 0 Å². The van der Waals surface area contributed by atoms with Crippen LogP contribution in [-0.2, 0) is 19.4 Å². The summed E-state index contributed by atoms with van der Waals surface area (Å²) in [4.78, 5) is 13.4. The van der Waals surface area contributed by atoms with Crippen LogP contribution in [0.3, 0.4) is 0 Å². The highest BCUT2D eigenvalue weighted by molar-refractivity contribution is 6.13. The van der Waals surface area contributed by atoms with Crippen LogP contribution in [0.1, 0.15) is 11.1 Å². The Hall–Kier alpha value is -6.98. The minimum Gasteiger partial charge on any atom is -0.405 e. The highest BCUT2D eigenvalue weighted by Gasteiger charge is 2.22. The fourth-order valence-corrected chi connectivity index (χ4v) is 8.87. The first-order chi connectivity index (χ1) is 26.7. The molecule has 0 fully saturated rings. The third-order valence-corrected chi connectivity index (χ3v) is 11.4.